The van der Waals surface area contributed by atoms with E-state index in [1.165, 1.54) is 17.0 Å². The number of ether oxygens (including phenoxy) is 1. The van der Waals surface area contributed by atoms with Crippen LogP contribution in [0.25, 0.3) is 0 Å². The largest absolute Gasteiger partial charge is 0.460 e. The second kappa shape index (κ2) is 7.94. The lowest BCUT2D eigenvalue weighted by atomic mass is 10.2. The lowest BCUT2D eigenvalue weighted by Gasteiger charge is -2.19. The molecule has 0 atom stereocenters. The molecule has 0 heterocycles. The van der Waals surface area contributed by atoms with Crippen LogP contribution in [-0.2, 0) is 19.6 Å². The zero-order valence-corrected chi connectivity index (χ0v) is 15.2. The first-order chi connectivity index (χ1) is 11.8. The van der Waals surface area contributed by atoms with Crippen LogP contribution in [0.1, 0.15) is 12.5 Å². The lowest BCUT2D eigenvalue weighted by molar-refractivity contribution is -0.135. The predicted molar refractivity (Wildman–Crippen MR) is 97.3 cm³/mol. The number of amidine groups is 1. The van der Waals surface area contributed by atoms with Gasteiger partial charge >= 0.3 is 5.97 Å². The normalized spacial score (nSPS) is 11.9. The summed E-state index contributed by atoms with van der Waals surface area (Å²) in [7, 11) is -2.48. The van der Waals surface area contributed by atoms with E-state index in [0.29, 0.717) is 5.69 Å². The molecule has 0 bridgehead atoms. The minimum atomic E-state index is -4.05. The first kappa shape index (κ1) is 18.7. The number of sulfonamides is 1. The van der Waals surface area contributed by atoms with Crippen molar-refractivity contribution in [2.75, 3.05) is 18.6 Å². The number of likely N-dealkylation sites (N-methyl/N-ethyl adjacent to an activating group) is 1. The van der Waals surface area contributed by atoms with Gasteiger partial charge < -0.3 is 9.64 Å². The van der Waals surface area contributed by atoms with Gasteiger partial charge in [-0.05, 0) is 38.1 Å². The molecule has 0 fully saturated rings. The van der Waals surface area contributed by atoms with Crippen LogP contribution in [0.5, 0.6) is 0 Å². The minimum Gasteiger partial charge on any atom is -0.460 e. The van der Waals surface area contributed by atoms with Crippen molar-refractivity contribution in [1.29, 1.82) is 0 Å². The quantitative estimate of drug-likeness (QED) is 0.476. The number of hydrogen-bond acceptors (Lipinski definition) is 4. The predicted octanol–water partition coefficient (Wildman–Crippen LogP) is 2.78. The molecule has 0 radical (unpaired) electrons. The Morgan fingerprint density at radius 3 is 2.24 bits per heavy atom. The third-order valence-corrected chi connectivity index (χ3v) is 4.73. The molecule has 0 saturated carbocycles. The van der Waals surface area contributed by atoms with Crippen LogP contribution in [0, 0.1) is 6.92 Å². The number of para-hydroxylation sites is 1. The lowest BCUT2D eigenvalue weighted by Crippen LogP contribution is -2.35. The number of benzene rings is 2. The van der Waals surface area contributed by atoms with E-state index in [9.17, 15) is 13.2 Å². The summed E-state index contributed by atoms with van der Waals surface area (Å²) in [5.41, 5.74) is 1.54. The van der Waals surface area contributed by atoms with Crippen molar-refractivity contribution in [3.8, 4) is 0 Å². The zero-order valence-electron chi connectivity index (χ0n) is 14.3. The van der Waals surface area contributed by atoms with Gasteiger partial charge in [0.05, 0.1) is 11.5 Å². The van der Waals surface area contributed by atoms with E-state index in [4.69, 9.17) is 4.74 Å². The molecule has 25 heavy (non-hydrogen) atoms. The van der Waals surface area contributed by atoms with Crippen molar-refractivity contribution in [2.45, 2.75) is 18.7 Å². The summed E-state index contributed by atoms with van der Waals surface area (Å²) >= 11 is 0. The van der Waals surface area contributed by atoms with Gasteiger partial charge in [0.2, 0.25) is 5.84 Å². The molecular weight excluding hydrogens is 340 g/mol. The molecule has 6 nitrogen and oxygen atoms in total. The molecule has 0 saturated heterocycles. The van der Waals surface area contributed by atoms with Gasteiger partial charge in [0.15, 0.2) is 0 Å². The fourth-order valence-corrected chi connectivity index (χ4v) is 3.09. The molecule has 0 unspecified atom stereocenters. The highest BCUT2D eigenvalue weighted by Gasteiger charge is 2.24. The Kier molecular flexibility index (Phi) is 5.93. The average Bonchev–Trinajstić information content (AvgIpc) is 2.60. The topological polar surface area (TPSA) is 76.0 Å². The summed E-state index contributed by atoms with van der Waals surface area (Å²) in [6.07, 6.45) is 0. The van der Waals surface area contributed by atoms with Crippen molar-refractivity contribution in [3.63, 3.8) is 0 Å². The molecule has 0 aliphatic carbocycles. The van der Waals surface area contributed by atoms with E-state index in [-0.39, 0.29) is 17.3 Å². The van der Waals surface area contributed by atoms with E-state index >= 15 is 0 Å². The third-order valence-electron chi connectivity index (χ3n) is 3.44. The third kappa shape index (κ3) is 4.67. The Hall–Kier alpha value is -2.67. The van der Waals surface area contributed by atoms with Gasteiger partial charge in [0.25, 0.3) is 10.0 Å². The summed E-state index contributed by atoms with van der Waals surface area (Å²) in [5.74, 6) is -1.10. The van der Waals surface area contributed by atoms with Crippen molar-refractivity contribution >= 4 is 27.5 Å². The van der Waals surface area contributed by atoms with Crippen LogP contribution in [-0.4, -0.2) is 33.9 Å². The van der Waals surface area contributed by atoms with Gasteiger partial charge in [-0.15, -0.1) is 4.40 Å². The maximum absolute atomic E-state index is 12.6. The number of nitrogens with zero attached hydrogens (tertiary/aromatic N) is 2. The van der Waals surface area contributed by atoms with E-state index in [2.05, 4.69) is 4.40 Å². The molecule has 2 aromatic carbocycles. The van der Waals surface area contributed by atoms with E-state index < -0.39 is 16.0 Å². The number of aryl methyl sites for hydroxylation is 1. The van der Waals surface area contributed by atoms with Gasteiger partial charge in [-0.25, -0.2) is 4.79 Å². The Morgan fingerprint density at radius 2 is 1.68 bits per heavy atom. The van der Waals surface area contributed by atoms with Crippen LogP contribution in [0.2, 0.25) is 0 Å². The molecule has 132 valence electrons. The zero-order chi connectivity index (χ0) is 18.4. The summed E-state index contributed by atoms with van der Waals surface area (Å²) in [4.78, 5) is 13.7. The van der Waals surface area contributed by atoms with Crippen LogP contribution >= 0.6 is 0 Å². The standard InChI is InChI=1S/C18H20N2O4S/c1-4-24-18(21)17(20(3)15-8-6-5-7-9-15)19-25(22,23)16-12-10-14(2)11-13-16/h5-13H,4H2,1-3H3/b19-17+. The molecule has 2 rings (SSSR count). The van der Waals surface area contributed by atoms with Crippen molar-refractivity contribution in [3.05, 3.63) is 60.2 Å². The SMILES string of the molecule is CCOC(=O)/C(=N\S(=O)(=O)c1ccc(C)cc1)N(C)c1ccccc1. The molecule has 0 aromatic heterocycles. The Morgan fingerprint density at radius 1 is 1.08 bits per heavy atom. The summed E-state index contributed by atoms with van der Waals surface area (Å²) < 4.78 is 33.9. The number of carbonyl (C=O) groups excluding carboxylic acids is 1. The van der Waals surface area contributed by atoms with Crippen molar-refractivity contribution < 1.29 is 17.9 Å². The van der Waals surface area contributed by atoms with E-state index in [1.807, 2.05) is 13.0 Å². The number of hydrogen-bond donors (Lipinski definition) is 0. The molecule has 0 aliphatic rings. The number of rotatable bonds is 4. The first-order valence-corrected chi connectivity index (χ1v) is 9.16. The average molecular weight is 360 g/mol. The smallest absolute Gasteiger partial charge is 0.375 e. The fourth-order valence-electron chi connectivity index (χ4n) is 2.08. The van der Waals surface area contributed by atoms with Gasteiger partial charge in [0.1, 0.15) is 0 Å². The van der Waals surface area contributed by atoms with Crippen LogP contribution in [0.15, 0.2) is 63.9 Å². The van der Waals surface area contributed by atoms with Crippen LogP contribution in [0.3, 0.4) is 0 Å². The monoisotopic (exact) mass is 360 g/mol. The molecule has 0 amide bonds. The van der Waals surface area contributed by atoms with Gasteiger partial charge in [-0.3, -0.25) is 0 Å². The van der Waals surface area contributed by atoms with Crippen molar-refractivity contribution in [1.82, 2.24) is 0 Å². The Labute approximate surface area is 147 Å². The summed E-state index contributed by atoms with van der Waals surface area (Å²) in [6.45, 7) is 3.62. The molecule has 0 aliphatic heterocycles. The molecule has 2 aromatic rings. The molecule has 0 spiro atoms. The van der Waals surface area contributed by atoms with E-state index in [1.54, 1.807) is 50.4 Å². The Balaban J connectivity index is 2.49. The molecule has 0 N–H and O–H groups in total. The molecular formula is C18H20N2O4S. The van der Waals surface area contributed by atoms with Gasteiger partial charge in [-0.1, -0.05) is 35.9 Å². The van der Waals surface area contributed by atoms with E-state index in [0.717, 1.165) is 5.56 Å². The summed E-state index contributed by atoms with van der Waals surface area (Å²) in [5, 5.41) is 0. The molecule has 7 heteroatoms. The maximum atomic E-state index is 12.6. The van der Waals surface area contributed by atoms with Gasteiger partial charge in [-0.2, -0.15) is 8.42 Å². The number of carbonyl (C=O) groups is 1. The summed E-state index contributed by atoms with van der Waals surface area (Å²) in [6, 6.07) is 15.1. The van der Waals surface area contributed by atoms with Crippen molar-refractivity contribution in [2.24, 2.45) is 4.40 Å². The first-order valence-electron chi connectivity index (χ1n) is 7.72. The van der Waals surface area contributed by atoms with Crippen LogP contribution in [0.4, 0.5) is 5.69 Å². The van der Waals surface area contributed by atoms with Gasteiger partial charge in [0, 0.05) is 12.7 Å². The number of esters is 1. The fraction of sp³-hybridized carbons (Fsp3) is 0.222. The second-order valence-electron chi connectivity index (χ2n) is 5.32. The minimum absolute atomic E-state index is 0.0151. The highest BCUT2D eigenvalue weighted by molar-refractivity contribution is 7.90. The Bertz CT molecular complexity index is 860. The highest BCUT2D eigenvalue weighted by Crippen LogP contribution is 2.17. The second-order valence-corrected chi connectivity index (χ2v) is 6.92. The highest BCUT2D eigenvalue weighted by atomic mass is 32.2. The maximum Gasteiger partial charge on any atom is 0.375 e. The number of anilines is 1. The van der Waals surface area contributed by atoms with Crippen LogP contribution < -0.4 is 4.90 Å².